The van der Waals surface area contributed by atoms with Crippen molar-refractivity contribution >= 4 is 34.9 Å². The highest BCUT2D eigenvalue weighted by molar-refractivity contribution is 6.32. The number of hydrogen-bond acceptors (Lipinski definition) is 5. The Hall–Kier alpha value is -1.14. The summed E-state index contributed by atoms with van der Waals surface area (Å²) < 4.78 is 0. The average molecular weight is 290 g/mol. The standard InChI is InChI=1S/C10H13Cl2N5O/c11-8-9(14-10(12)16-15-8)17-3-1-6(2-4-17)5-7(13)18/h6H,1-5H2,(H2,13,18). The van der Waals surface area contributed by atoms with Gasteiger partial charge in [-0.2, -0.15) is 4.98 Å². The van der Waals surface area contributed by atoms with Crippen LogP contribution in [-0.4, -0.2) is 34.2 Å². The van der Waals surface area contributed by atoms with Gasteiger partial charge in [-0.1, -0.05) is 11.6 Å². The van der Waals surface area contributed by atoms with Crippen molar-refractivity contribution in [3.05, 3.63) is 10.4 Å². The number of hydrogen-bond donors (Lipinski definition) is 1. The van der Waals surface area contributed by atoms with Crippen molar-refractivity contribution in [3.8, 4) is 0 Å². The van der Waals surface area contributed by atoms with Gasteiger partial charge in [0, 0.05) is 19.5 Å². The second-order valence-corrected chi connectivity index (χ2v) is 4.99. The third-order valence-corrected chi connectivity index (χ3v) is 3.41. The highest BCUT2D eigenvalue weighted by Crippen LogP contribution is 2.27. The Morgan fingerprint density at radius 1 is 1.33 bits per heavy atom. The smallest absolute Gasteiger partial charge is 0.245 e. The molecule has 2 N–H and O–H groups in total. The second-order valence-electron chi connectivity index (χ2n) is 4.30. The molecule has 1 amide bonds. The SMILES string of the molecule is NC(=O)CC1CCN(c2nc(Cl)nnc2Cl)CC1. The Morgan fingerprint density at radius 3 is 2.61 bits per heavy atom. The second kappa shape index (κ2) is 5.67. The molecule has 0 saturated carbocycles. The van der Waals surface area contributed by atoms with Crippen LogP contribution in [0.2, 0.25) is 10.4 Å². The van der Waals surface area contributed by atoms with E-state index in [4.69, 9.17) is 28.9 Å². The summed E-state index contributed by atoms with van der Waals surface area (Å²) in [7, 11) is 0. The molecule has 1 aromatic rings. The molecule has 1 aliphatic heterocycles. The van der Waals surface area contributed by atoms with Crippen LogP contribution in [0.3, 0.4) is 0 Å². The number of primary amides is 1. The first-order chi connectivity index (χ1) is 8.56. The highest BCUT2D eigenvalue weighted by Gasteiger charge is 2.23. The molecule has 2 rings (SSSR count). The lowest BCUT2D eigenvalue weighted by molar-refractivity contribution is -0.119. The van der Waals surface area contributed by atoms with Crippen LogP contribution in [0.25, 0.3) is 0 Å². The number of piperidine rings is 1. The van der Waals surface area contributed by atoms with E-state index in [1.807, 2.05) is 4.90 Å². The number of rotatable bonds is 3. The van der Waals surface area contributed by atoms with Crippen molar-refractivity contribution in [2.75, 3.05) is 18.0 Å². The van der Waals surface area contributed by atoms with Gasteiger partial charge in [0.1, 0.15) is 0 Å². The van der Waals surface area contributed by atoms with Gasteiger partial charge < -0.3 is 10.6 Å². The number of anilines is 1. The molecule has 18 heavy (non-hydrogen) atoms. The maximum absolute atomic E-state index is 10.9. The molecule has 0 atom stereocenters. The lowest BCUT2D eigenvalue weighted by atomic mass is 9.93. The molecule has 2 heterocycles. The zero-order valence-electron chi connectivity index (χ0n) is 9.64. The first-order valence-corrected chi connectivity index (χ1v) is 6.41. The molecular weight excluding hydrogens is 277 g/mol. The number of halogens is 2. The summed E-state index contributed by atoms with van der Waals surface area (Å²) in [6, 6.07) is 0. The van der Waals surface area contributed by atoms with Gasteiger partial charge in [-0.25, -0.2) is 0 Å². The summed E-state index contributed by atoms with van der Waals surface area (Å²) in [4.78, 5) is 16.9. The zero-order chi connectivity index (χ0) is 13.1. The molecule has 0 aliphatic carbocycles. The van der Waals surface area contributed by atoms with E-state index in [0.29, 0.717) is 18.2 Å². The lowest BCUT2D eigenvalue weighted by Crippen LogP contribution is -2.36. The minimum atomic E-state index is -0.252. The Labute approximate surface area is 114 Å². The maximum Gasteiger partial charge on any atom is 0.245 e. The maximum atomic E-state index is 10.9. The number of amides is 1. The zero-order valence-corrected chi connectivity index (χ0v) is 11.2. The Kier molecular flexibility index (Phi) is 4.19. The Morgan fingerprint density at radius 2 is 2.00 bits per heavy atom. The van der Waals surface area contributed by atoms with Gasteiger partial charge in [0.25, 0.3) is 0 Å². The molecule has 1 aromatic heterocycles. The molecule has 0 aromatic carbocycles. The van der Waals surface area contributed by atoms with E-state index < -0.39 is 0 Å². The predicted octanol–water partition coefficient (Wildman–Crippen LogP) is 1.27. The summed E-state index contributed by atoms with van der Waals surface area (Å²) >= 11 is 11.6. The lowest BCUT2D eigenvalue weighted by Gasteiger charge is -2.32. The van der Waals surface area contributed by atoms with Gasteiger partial charge in [-0.15, -0.1) is 10.2 Å². The topological polar surface area (TPSA) is 85.0 Å². The van der Waals surface area contributed by atoms with Crippen molar-refractivity contribution < 1.29 is 4.79 Å². The molecule has 8 heteroatoms. The number of carbonyl (C=O) groups is 1. The van der Waals surface area contributed by atoms with Gasteiger partial charge in [-0.3, -0.25) is 4.79 Å². The normalized spacial score (nSPS) is 16.9. The number of nitrogens with two attached hydrogens (primary N) is 1. The van der Waals surface area contributed by atoms with Crippen molar-refractivity contribution in [3.63, 3.8) is 0 Å². The molecule has 0 bridgehead atoms. The van der Waals surface area contributed by atoms with Gasteiger partial charge in [0.15, 0.2) is 11.0 Å². The van der Waals surface area contributed by atoms with Crippen LogP contribution >= 0.6 is 23.2 Å². The molecule has 1 saturated heterocycles. The first kappa shape index (κ1) is 13.3. The Bertz CT molecular complexity index is 448. The largest absolute Gasteiger partial charge is 0.370 e. The van der Waals surface area contributed by atoms with Crippen LogP contribution in [0.15, 0.2) is 0 Å². The first-order valence-electron chi connectivity index (χ1n) is 5.65. The van der Waals surface area contributed by atoms with Crippen molar-refractivity contribution in [1.29, 1.82) is 0 Å². The summed E-state index contributed by atoms with van der Waals surface area (Å²) in [5, 5.41) is 7.62. The van der Waals surface area contributed by atoms with Gasteiger partial charge in [0.05, 0.1) is 0 Å². The summed E-state index contributed by atoms with van der Waals surface area (Å²) in [6.45, 7) is 1.51. The fraction of sp³-hybridized carbons (Fsp3) is 0.600. The average Bonchev–Trinajstić information content (AvgIpc) is 2.33. The molecule has 0 radical (unpaired) electrons. The predicted molar refractivity (Wildman–Crippen MR) is 68.6 cm³/mol. The van der Waals surface area contributed by atoms with Crippen LogP contribution in [0.5, 0.6) is 0 Å². The van der Waals surface area contributed by atoms with Crippen LogP contribution in [-0.2, 0) is 4.79 Å². The molecule has 1 fully saturated rings. The third kappa shape index (κ3) is 3.20. The highest BCUT2D eigenvalue weighted by atomic mass is 35.5. The molecule has 98 valence electrons. The van der Waals surface area contributed by atoms with Crippen molar-refractivity contribution in [1.82, 2.24) is 15.2 Å². The van der Waals surface area contributed by atoms with Crippen LogP contribution < -0.4 is 10.6 Å². The molecular formula is C10H13Cl2N5O. The summed E-state index contributed by atoms with van der Waals surface area (Å²) in [6.07, 6.45) is 2.19. The number of aromatic nitrogens is 3. The van der Waals surface area contributed by atoms with Crippen LogP contribution in [0.1, 0.15) is 19.3 Å². The van der Waals surface area contributed by atoms with E-state index in [-0.39, 0.29) is 16.3 Å². The molecule has 0 unspecified atom stereocenters. The van der Waals surface area contributed by atoms with E-state index in [9.17, 15) is 4.79 Å². The number of carbonyl (C=O) groups excluding carboxylic acids is 1. The van der Waals surface area contributed by atoms with E-state index in [1.165, 1.54) is 0 Å². The van der Waals surface area contributed by atoms with E-state index >= 15 is 0 Å². The molecule has 0 spiro atoms. The molecule has 1 aliphatic rings. The summed E-state index contributed by atoms with van der Waals surface area (Å²) in [5.74, 6) is 0.634. The monoisotopic (exact) mass is 289 g/mol. The number of nitrogens with zero attached hydrogens (tertiary/aromatic N) is 4. The van der Waals surface area contributed by atoms with Crippen molar-refractivity contribution in [2.45, 2.75) is 19.3 Å². The van der Waals surface area contributed by atoms with E-state index in [0.717, 1.165) is 25.9 Å². The Balaban J connectivity index is 2.01. The summed E-state index contributed by atoms with van der Waals surface area (Å²) in [5.41, 5.74) is 5.19. The van der Waals surface area contributed by atoms with Gasteiger partial charge in [0.2, 0.25) is 11.2 Å². The van der Waals surface area contributed by atoms with Crippen LogP contribution in [0, 0.1) is 5.92 Å². The van der Waals surface area contributed by atoms with Crippen LogP contribution in [0.4, 0.5) is 5.82 Å². The minimum Gasteiger partial charge on any atom is -0.370 e. The van der Waals surface area contributed by atoms with Gasteiger partial charge >= 0.3 is 0 Å². The fourth-order valence-corrected chi connectivity index (χ4v) is 2.44. The van der Waals surface area contributed by atoms with Gasteiger partial charge in [-0.05, 0) is 30.4 Å². The van der Waals surface area contributed by atoms with E-state index in [2.05, 4.69) is 15.2 Å². The minimum absolute atomic E-state index is 0.0775. The van der Waals surface area contributed by atoms with E-state index in [1.54, 1.807) is 0 Å². The van der Waals surface area contributed by atoms with Crippen molar-refractivity contribution in [2.24, 2.45) is 11.7 Å². The quantitative estimate of drug-likeness (QED) is 0.906. The third-order valence-electron chi connectivity index (χ3n) is 3.01. The fourth-order valence-electron chi connectivity index (χ4n) is 2.12. The molecule has 6 nitrogen and oxygen atoms in total.